The molecule has 0 saturated carbocycles. The Morgan fingerprint density at radius 3 is 2.95 bits per heavy atom. The van der Waals surface area contributed by atoms with Crippen molar-refractivity contribution in [3.8, 4) is 0 Å². The van der Waals surface area contributed by atoms with E-state index >= 15 is 0 Å². The molecule has 96 valence electrons. The molecule has 3 rings (SSSR count). The van der Waals surface area contributed by atoms with Crippen LogP contribution in [0.15, 0.2) is 43.0 Å². The summed E-state index contributed by atoms with van der Waals surface area (Å²) in [5, 5.41) is 13.1. The molecule has 2 aromatic heterocycles. The first-order chi connectivity index (χ1) is 9.25. The Kier molecular flexibility index (Phi) is 2.87. The van der Waals surface area contributed by atoms with Gasteiger partial charge in [-0.05, 0) is 24.0 Å². The maximum absolute atomic E-state index is 12.2. The van der Waals surface area contributed by atoms with Crippen molar-refractivity contribution in [1.82, 2.24) is 14.5 Å². The first kappa shape index (κ1) is 11.6. The Bertz CT molecular complexity index is 707. The second-order valence-corrected chi connectivity index (χ2v) is 4.48. The molecule has 0 bridgehead atoms. The summed E-state index contributed by atoms with van der Waals surface area (Å²) in [4.78, 5) is 8.43. The lowest BCUT2D eigenvalue weighted by molar-refractivity contribution is -0.622. The number of rotatable bonds is 3. The van der Waals surface area contributed by atoms with Crippen molar-refractivity contribution in [1.29, 1.82) is 0 Å². The molecule has 1 aromatic carbocycles. The summed E-state index contributed by atoms with van der Waals surface area (Å²) in [6, 6.07) is 7.71. The molecule has 0 aliphatic carbocycles. The van der Waals surface area contributed by atoms with Crippen molar-refractivity contribution in [3.63, 3.8) is 0 Å². The molecule has 0 radical (unpaired) electrons. The lowest BCUT2D eigenvalue weighted by Gasteiger charge is -2.11. The lowest BCUT2D eigenvalue weighted by Crippen LogP contribution is -2.37. The van der Waals surface area contributed by atoms with E-state index in [1.165, 1.54) is 0 Å². The van der Waals surface area contributed by atoms with Crippen LogP contribution >= 0.6 is 0 Å². The molecule has 5 heteroatoms. The monoisotopic (exact) mass is 254 g/mol. The zero-order valence-electron chi connectivity index (χ0n) is 10.7. The normalized spacial score (nSPS) is 11.0. The molecule has 0 N–H and O–H groups in total. The number of imidazole rings is 1. The van der Waals surface area contributed by atoms with Gasteiger partial charge in [-0.25, -0.2) is 9.71 Å². The number of hydrogen-bond donors (Lipinski definition) is 0. The first-order valence-corrected chi connectivity index (χ1v) is 6.19. The summed E-state index contributed by atoms with van der Waals surface area (Å²) in [6.07, 6.45) is 5.93. The quantitative estimate of drug-likeness (QED) is 0.527. The predicted octanol–water partition coefficient (Wildman–Crippen LogP) is 1.62. The van der Waals surface area contributed by atoms with E-state index in [0.717, 1.165) is 15.6 Å². The first-order valence-electron chi connectivity index (χ1n) is 6.19. The van der Waals surface area contributed by atoms with Crippen LogP contribution in [0, 0.1) is 12.1 Å². The smallest absolute Gasteiger partial charge is 0.304 e. The van der Waals surface area contributed by atoms with E-state index in [9.17, 15) is 5.21 Å². The number of hydrogen-bond acceptors (Lipinski definition) is 3. The van der Waals surface area contributed by atoms with E-state index in [2.05, 4.69) is 9.97 Å². The van der Waals surface area contributed by atoms with Crippen molar-refractivity contribution >= 4 is 10.9 Å². The lowest BCUT2D eigenvalue weighted by atomic mass is 10.2. The van der Waals surface area contributed by atoms with Gasteiger partial charge in [0.05, 0.1) is 18.1 Å². The fourth-order valence-corrected chi connectivity index (χ4v) is 2.17. The van der Waals surface area contributed by atoms with Crippen molar-refractivity contribution < 1.29 is 4.73 Å². The molecule has 0 fully saturated rings. The minimum atomic E-state index is 0.546. The number of fused-ring (bicyclic) bond motifs is 1. The van der Waals surface area contributed by atoms with Crippen LogP contribution in [-0.4, -0.2) is 14.5 Å². The van der Waals surface area contributed by atoms with Crippen molar-refractivity contribution in [3.05, 3.63) is 59.7 Å². The van der Waals surface area contributed by atoms with E-state index in [0.29, 0.717) is 24.5 Å². The minimum absolute atomic E-state index is 0.546. The van der Waals surface area contributed by atoms with Gasteiger partial charge in [0.1, 0.15) is 5.69 Å². The highest BCUT2D eigenvalue weighted by Crippen LogP contribution is 2.13. The van der Waals surface area contributed by atoms with Gasteiger partial charge in [0.2, 0.25) is 0 Å². The van der Waals surface area contributed by atoms with E-state index in [4.69, 9.17) is 0 Å². The van der Waals surface area contributed by atoms with Gasteiger partial charge in [-0.3, -0.25) is 0 Å². The molecule has 0 atom stereocenters. The van der Waals surface area contributed by atoms with Crippen LogP contribution in [0.25, 0.3) is 10.9 Å². The Hall–Kier alpha value is -2.43. The Balaban J connectivity index is 1.97. The second-order valence-electron chi connectivity index (χ2n) is 4.48. The van der Waals surface area contributed by atoms with Crippen molar-refractivity contribution in [2.75, 3.05) is 0 Å². The largest absolute Gasteiger partial charge is 0.711 e. The maximum Gasteiger partial charge on any atom is 0.304 e. The summed E-state index contributed by atoms with van der Waals surface area (Å²) in [6.45, 7) is 2.53. The van der Waals surface area contributed by atoms with Gasteiger partial charge >= 0.3 is 5.82 Å². The number of nitrogens with zero attached hydrogens (tertiary/aromatic N) is 4. The summed E-state index contributed by atoms with van der Waals surface area (Å²) >= 11 is 0. The third kappa shape index (κ3) is 2.14. The molecule has 0 aliphatic heterocycles. The van der Waals surface area contributed by atoms with Gasteiger partial charge in [0.25, 0.3) is 0 Å². The number of benzene rings is 1. The highest BCUT2D eigenvalue weighted by atomic mass is 16.5. The Labute approximate surface area is 110 Å². The number of para-hydroxylation sites is 1. The van der Waals surface area contributed by atoms with Crippen LogP contribution in [0.1, 0.15) is 11.5 Å². The van der Waals surface area contributed by atoms with Crippen LogP contribution < -0.4 is 4.73 Å². The molecule has 0 aliphatic rings. The van der Waals surface area contributed by atoms with Crippen LogP contribution in [-0.2, 0) is 13.0 Å². The van der Waals surface area contributed by atoms with Gasteiger partial charge in [0.15, 0.2) is 5.52 Å². The molecule has 0 spiro atoms. The highest BCUT2D eigenvalue weighted by Gasteiger charge is 2.14. The molecule has 0 saturated heterocycles. The molecule has 5 nitrogen and oxygen atoms in total. The van der Waals surface area contributed by atoms with Crippen molar-refractivity contribution in [2.45, 2.75) is 19.9 Å². The zero-order chi connectivity index (χ0) is 13.2. The minimum Gasteiger partial charge on any atom is -0.711 e. The van der Waals surface area contributed by atoms with Gasteiger partial charge in [-0.2, -0.15) is 0 Å². The predicted molar refractivity (Wildman–Crippen MR) is 71.4 cm³/mol. The number of aromatic nitrogens is 4. The summed E-state index contributed by atoms with van der Waals surface area (Å²) in [5.74, 6) is 0.546. The average Bonchev–Trinajstić information content (AvgIpc) is 2.94. The van der Waals surface area contributed by atoms with E-state index in [-0.39, 0.29) is 0 Å². The van der Waals surface area contributed by atoms with E-state index in [1.807, 2.05) is 42.0 Å². The Morgan fingerprint density at radius 1 is 1.32 bits per heavy atom. The van der Waals surface area contributed by atoms with E-state index < -0.39 is 0 Å². The SMILES string of the molecule is Cc1c2ccccc2nc(CCn2ccnc2)[n+]1[O-]. The van der Waals surface area contributed by atoms with Crippen LogP contribution in [0.5, 0.6) is 0 Å². The zero-order valence-corrected chi connectivity index (χ0v) is 10.7. The summed E-state index contributed by atoms with van der Waals surface area (Å²) < 4.78 is 2.87. The molecular weight excluding hydrogens is 240 g/mol. The summed E-state index contributed by atoms with van der Waals surface area (Å²) in [5.41, 5.74) is 1.57. The van der Waals surface area contributed by atoms with Gasteiger partial charge in [-0.15, -0.1) is 0 Å². The Morgan fingerprint density at radius 2 is 2.16 bits per heavy atom. The molecular formula is C14H14N4O. The van der Waals surface area contributed by atoms with Crippen LogP contribution in [0.2, 0.25) is 0 Å². The fraction of sp³-hybridized carbons (Fsp3) is 0.214. The van der Waals surface area contributed by atoms with Gasteiger partial charge < -0.3 is 9.77 Å². The van der Waals surface area contributed by atoms with Gasteiger partial charge in [-0.1, -0.05) is 12.1 Å². The average molecular weight is 254 g/mol. The molecule has 2 heterocycles. The fourth-order valence-electron chi connectivity index (χ4n) is 2.17. The van der Waals surface area contributed by atoms with Crippen molar-refractivity contribution in [2.24, 2.45) is 0 Å². The third-order valence-electron chi connectivity index (χ3n) is 3.24. The molecule has 19 heavy (non-hydrogen) atoms. The van der Waals surface area contributed by atoms with Gasteiger partial charge in [0, 0.05) is 18.9 Å². The standard InChI is InChI=1S/C14H14N4O/c1-11-12-4-2-3-5-13(12)16-14(18(11)19)6-8-17-9-7-15-10-17/h2-5,7,9-10H,6,8H2,1H3. The second kappa shape index (κ2) is 4.68. The maximum atomic E-state index is 12.2. The molecule has 0 unspecified atom stereocenters. The number of aryl methyl sites for hydroxylation is 3. The van der Waals surface area contributed by atoms with E-state index in [1.54, 1.807) is 12.5 Å². The molecule has 3 aromatic rings. The highest BCUT2D eigenvalue weighted by molar-refractivity contribution is 5.79. The van der Waals surface area contributed by atoms with Crippen LogP contribution in [0.4, 0.5) is 0 Å². The summed E-state index contributed by atoms with van der Waals surface area (Å²) in [7, 11) is 0. The van der Waals surface area contributed by atoms with Crippen LogP contribution in [0.3, 0.4) is 0 Å². The molecule has 0 amide bonds. The third-order valence-corrected chi connectivity index (χ3v) is 3.24. The topological polar surface area (TPSA) is 57.7 Å².